The summed E-state index contributed by atoms with van der Waals surface area (Å²) in [6.45, 7) is 6.81. The molecule has 0 aliphatic rings. The molecule has 0 aliphatic heterocycles. The van der Waals surface area contributed by atoms with Crippen molar-refractivity contribution in [2.24, 2.45) is 5.92 Å². The van der Waals surface area contributed by atoms with Crippen LogP contribution >= 0.6 is 0 Å². The van der Waals surface area contributed by atoms with E-state index in [0.29, 0.717) is 5.69 Å². The summed E-state index contributed by atoms with van der Waals surface area (Å²) in [5.74, 6) is -1.32. The smallest absolute Gasteiger partial charge is 0.275 e. The van der Waals surface area contributed by atoms with E-state index in [1.165, 1.54) is 28.9 Å². The first-order valence-electron chi connectivity index (χ1n) is 8.00. The van der Waals surface area contributed by atoms with Crippen molar-refractivity contribution in [2.45, 2.75) is 33.3 Å². The normalized spacial score (nSPS) is 13.6. The summed E-state index contributed by atoms with van der Waals surface area (Å²) >= 11 is 0. The molecule has 0 fully saturated rings. The number of aryl methyl sites for hydroxylation is 1. The summed E-state index contributed by atoms with van der Waals surface area (Å²) in [6, 6.07) is 7.18. The molecule has 1 aromatic heterocycles. The molecule has 2 rings (SSSR count). The topological polar surface area (TPSA) is 84.2 Å². The summed E-state index contributed by atoms with van der Waals surface area (Å²) < 4.78 is 15.2. The fourth-order valence-electron chi connectivity index (χ4n) is 2.12. The van der Waals surface area contributed by atoms with E-state index in [2.05, 4.69) is 10.4 Å². The number of carbonyl (C=O) groups is 1. The van der Waals surface area contributed by atoms with E-state index in [-0.39, 0.29) is 23.8 Å². The van der Waals surface area contributed by atoms with Crippen LogP contribution in [-0.2, 0) is 0 Å². The van der Waals surface area contributed by atoms with Crippen molar-refractivity contribution in [1.29, 1.82) is 0 Å². The third-order valence-electron chi connectivity index (χ3n) is 4.25. The number of amides is 1. The lowest BCUT2D eigenvalue weighted by Crippen LogP contribution is -2.45. The van der Waals surface area contributed by atoms with Crippen LogP contribution in [0.1, 0.15) is 37.0 Å². The number of halogens is 1. The fraction of sp³-hybridized carbons (Fsp3) is 0.389. The summed E-state index contributed by atoms with van der Waals surface area (Å²) in [5, 5.41) is 16.7. The fourth-order valence-corrected chi connectivity index (χ4v) is 2.12. The standard InChI is InChI=1S/C18H22FN3O3/c1-11(2)18(4,25)10-20-17(24)16-15(23)9-12(3)22(21-16)14-8-6-5-7-13(14)19/h5-9,11,25H,10H2,1-4H3,(H,20,24). The molecule has 134 valence electrons. The maximum Gasteiger partial charge on any atom is 0.275 e. The van der Waals surface area contributed by atoms with Crippen molar-refractivity contribution in [3.63, 3.8) is 0 Å². The lowest BCUT2D eigenvalue weighted by Gasteiger charge is -2.27. The monoisotopic (exact) mass is 347 g/mol. The number of nitrogens with zero attached hydrogens (tertiary/aromatic N) is 2. The van der Waals surface area contributed by atoms with Gasteiger partial charge in [0.05, 0.1) is 5.60 Å². The van der Waals surface area contributed by atoms with Crippen molar-refractivity contribution < 1.29 is 14.3 Å². The number of nitrogens with one attached hydrogen (secondary N) is 1. The number of carbonyl (C=O) groups excluding carboxylic acids is 1. The Labute approximate surface area is 145 Å². The van der Waals surface area contributed by atoms with Crippen LogP contribution in [0.25, 0.3) is 5.69 Å². The van der Waals surface area contributed by atoms with E-state index < -0.39 is 22.8 Å². The van der Waals surface area contributed by atoms with Gasteiger partial charge in [-0.15, -0.1) is 0 Å². The van der Waals surface area contributed by atoms with Crippen molar-refractivity contribution in [1.82, 2.24) is 15.1 Å². The Morgan fingerprint density at radius 1 is 1.40 bits per heavy atom. The summed E-state index contributed by atoms with van der Waals surface area (Å²) in [5.41, 5.74) is -1.49. The molecule has 0 bridgehead atoms. The Morgan fingerprint density at radius 3 is 2.64 bits per heavy atom. The maximum atomic E-state index is 14.0. The first-order valence-corrected chi connectivity index (χ1v) is 8.00. The Bertz CT molecular complexity index is 844. The third kappa shape index (κ3) is 4.11. The first kappa shape index (κ1) is 18.8. The molecule has 1 unspecified atom stereocenters. The molecule has 0 aliphatic carbocycles. The lowest BCUT2D eigenvalue weighted by molar-refractivity contribution is 0.0141. The minimum atomic E-state index is -1.12. The van der Waals surface area contributed by atoms with Crippen LogP contribution in [0, 0.1) is 18.7 Å². The first-order chi connectivity index (χ1) is 11.6. The molecule has 1 heterocycles. The SMILES string of the molecule is Cc1cc(=O)c(C(=O)NCC(C)(O)C(C)C)nn1-c1ccccc1F. The van der Waals surface area contributed by atoms with Crippen molar-refractivity contribution in [2.75, 3.05) is 6.54 Å². The predicted octanol–water partition coefficient (Wildman–Crippen LogP) is 1.82. The van der Waals surface area contributed by atoms with Crippen LogP contribution in [0.3, 0.4) is 0 Å². The molecule has 2 N–H and O–H groups in total. The zero-order valence-electron chi connectivity index (χ0n) is 14.7. The van der Waals surface area contributed by atoms with Gasteiger partial charge < -0.3 is 10.4 Å². The molecule has 1 amide bonds. The summed E-state index contributed by atoms with van der Waals surface area (Å²) in [7, 11) is 0. The van der Waals surface area contributed by atoms with Gasteiger partial charge in [-0.25, -0.2) is 9.07 Å². The van der Waals surface area contributed by atoms with Gasteiger partial charge in [0.25, 0.3) is 5.91 Å². The highest BCUT2D eigenvalue weighted by Crippen LogP contribution is 2.15. The zero-order valence-corrected chi connectivity index (χ0v) is 14.7. The second-order valence-electron chi connectivity index (χ2n) is 6.56. The highest BCUT2D eigenvalue weighted by atomic mass is 19.1. The molecule has 2 aromatic rings. The zero-order chi connectivity index (χ0) is 18.8. The van der Waals surface area contributed by atoms with Gasteiger partial charge in [0.1, 0.15) is 11.5 Å². The largest absolute Gasteiger partial charge is 0.388 e. The second kappa shape index (κ2) is 7.14. The molecule has 25 heavy (non-hydrogen) atoms. The molecule has 0 radical (unpaired) electrons. The number of para-hydroxylation sites is 1. The van der Waals surface area contributed by atoms with Crippen LogP contribution in [-0.4, -0.2) is 32.9 Å². The van der Waals surface area contributed by atoms with Crippen molar-refractivity contribution >= 4 is 5.91 Å². The van der Waals surface area contributed by atoms with Gasteiger partial charge in [0.15, 0.2) is 5.69 Å². The van der Waals surface area contributed by atoms with Crippen molar-refractivity contribution in [3.8, 4) is 5.69 Å². The van der Waals surface area contributed by atoms with E-state index in [4.69, 9.17) is 0 Å². The molecule has 1 aromatic carbocycles. The van der Waals surface area contributed by atoms with Gasteiger partial charge in [0.2, 0.25) is 5.43 Å². The van der Waals surface area contributed by atoms with Gasteiger partial charge in [-0.05, 0) is 31.9 Å². The second-order valence-corrected chi connectivity index (χ2v) is 6.56. The maximum absolute atomic E-state index is 14.0. The van der Waals surface area contributed by atoms with Crippen LogP contribution < -0.4 is 10.7 Å². The number of hydrogen-bond acceptors (Lipinski definition) is 4. The lowest BCUT2D eigenvalue weighted by atomic mass is 9.92. The van der Waals surface area contributed by atoms with E-state index >= 15 is 0 Å². The quantitative estimate of drug-likeness (QED) is 0.864. The van der Waals surface area contributed by atoms with Crippen LogP contribution in [0.15, 0.2) is 35.1 Å². The number of benzene rings is 1. The number of aliphatic hydroxyl groups is 1. The molecular weight excluding hydrogens is 325 g/mol. The Kier molecular flexibility index (Phi) is 5.37. The highest BCUT2D eigenvalue weighted by molar-refractivity contribution is 5.92. The summed E-state index contributed by atoms with van der Waals surface area (Å²) in [6.07, 6.45) is 0. The minimum absolute atomic E-state index is 0.0296. The van der Waals surface area contributed by atoms with Crippen molar-refractivity contribution in [3.05, 3.63) is 57.8 Å². The number of hydrogen-bond donors (Lipinski definition) is 2. The molecule has 1 atom stereocenters. The minimum Gasteiger partial charge on any atom is -0.388 e. The van der Waals surface area contributed by atoms with E-state index in [1.807, 2.05) is 13.8 Å². The summed E-state index contributed by atoms with van der Waals surface area (Å²) in [4.78, 5) is 24.4. The highest BCUT2D eigenvalue weighted by Gasteiger charge is 2.26. The van der Waals surface area contributed by atoms with Gasteiger partial charge in [-0.2, -0.15) is 5.10 Å². The van der Waals surface area contributed by atoms with Gasteiger partial charge in [-0.1, -0.05) is 26.0 Å². The molecule has 0 saturated heterocycles. The van der Waals surface area contributed by atoms with E-state index in [0.717, 1.165) is 0 Å². The van der Waals surface area contributed by atoms with E-state index in [1.54, 1.807) is 19.9 Å². The number of aromatic nitrogens is 2. The molecule has 0 spiro atoms. The molecule has 0 saturated carbocycles. The average molecular weight is 347 g/mol. The Balaban J connectivity index is 2.36. The predicted molar refractivity (Wildman–Crippen MR) is 92.3 cm³/mol. The van der Waals surface area contributed by atoms with Gasteiger partial charge in [-0.3, -0.25) is 9.59 Å². The molecular formula is C18H22FN3O3. The van der Waals surface area contributed by atoms with Crippen LogP contribution in [0.2, 0.25) is 0 Å². The van der Waals surface area contributed by atoms with Crippen LogP contribution in [0.5, 0.6) is 0 Å². The van der Waals surface area contributed by atoms with Gasteiger partial charge in [0, 0.05) is 18.3 Å². The molecule has 6 nitrogen and oxygen atoms in total. The average Bonchev–Trinajstić information content (AvgIpc) is 2.53. The Hall–Kier alpha value is -2.54. The third-order valence-corrected chi connectivity index (χ3v) is 4.25. The molecule has 7 heteroatoms. The van der Waals surface area contributed by atoms with E-state index in [9.17, 15) is 19.1 Å². The number of rotatable bonds is 5. The Morgan fingerprint density at radius 2 is 2.04 bits per heavy atom. The van der Waals surface area contributed by atoms with Gasteiger partial charge >= 0.3 is 0 Å². The van der Waals surface area contributed by atoms with Crippen LogP contribution in [0.4, 0.5) is 4.39 Å².